The lowest BCUT2D eigenvalue weighted by Gasteiger charge is -2.18. The quantitative estimate of drug-likeness (QED) is 0.386. The topological polar surface area (TPSA) is 87.3 Å². The fourth-order valence-electron chi connectivity index (χ4n) is 3.04. The van der Waals surface area contributed by atoms with E-state index in [0.29, 0.717) is 29.0 Å². The summed E-state index contributed by atoms with van der Waals surface area (Å²) in [5.41, 5.74) is 1.66. The first-order valence-corrected chi connectivity index (χ1v) is 11.7. The predicted octanol–water partition coefficient (Wildman–Crippen LogP) is 5.95. The van der Waals surface area contributed by atoms with Crippen molar-refractivity contribution in [3.05, 3.63) is 76.5 Å². The number of anilines is 3. The second kappa shape index (κ2) is 10.9. The monoisotopic (exact) mass is 463 g/mol. The highest BCUT2D eigenvalue weighted by atomic mass is 32.1. The molecule has 0 aliphatic heterocycles. The fraction of sp³-hybridized carbons (Fsp3) is 0.269. The van der Waals surface area contributed by atoms with Gasteiger partial charge in [-0.2, -0.15) is 0 Å². The number of benzene rings is 2. The van der Waals surface area contributed by atoms with Crippen molar-refractivity contribution < 1.29 is 14.4 Å². The van der Waals surface area contributed by atoms with Crippen LogP contribution in [0, 0.1) is 5.41 Å². The Bertz CT molecular complexity index is 1120. The molecule has 3 N–H and O–H groups in total. The van der Waals surface area contributed by atoms with Gasteiger partial charge in [0.25, 0.3) is 5.91 Å². The molecule has 1 aromatic heterocycles. The van der Waals surface area contributed by atoms with Crippen LogP contribution in [0.15, 0.2) is 66.0 Å². The van der Waals surface area contributed by atoms with Crippen LogP contribution < -0.4 is 16.0 Å². The van der Waals surface area contributed by atoms with Crippen LogP contribution in [0.5, 0.6) is 0 Å². The van der Waals surface area contributed by atoms with Gasteiger partial charge in [0.1, 0.15) is 0 Å². The van der Waals surface area contributed by atoms with Crippen LogP contribution >= 0.6 is 11.3 Å². The lowest BCUT2D eigenvalue weighted by Crippen LogP contribution is -2.27. The average molecular weight is 464 g/mol. The smallest absolute Gasteiger partial charge is 0.255 e. The number of carbonyl (C=O) groups is 3. The van der Waals surface area contributed by atoms with E-state index in [1.807, 2.05) is 32.2 Å². The SMILES string of the molecule is CC(C)(C)C(=O)Nc1cccc(NC(=O)c2cccc(NC(=O)CCCc3cccs3)c2)c1. The number of hydrogen-bond donors (Lipinski definition) is 3. The minimum atomic E-state index is -0.520. The van der Waals surface area contributed by atoms with Gasteiger partial charge in [-0.05, 0) is 60.7 Å². The number of carbonyl (C=O) groups excluding carboxylic acids is 3. The zero-order valence-electron chi connectivity index (χ0n) is 19.1. The average Bonchev–Trinajstić information content (AvgIpc) is 3.27. The number of amides is 3. The summed E-state index contributed by atoms with van der Waals surface area (Å²) in [5, 5.41) is 10.6. The van der Waals surface area contributed by atoms with Crippen molar-refractivity contribution in [3.8, 4) is 0 Å². The molecule has 0 aliphatic rings. The van der Waals surface area contributed by atoms with E-state index in [4.69, 9.17) is 0 Å². The van der Waals surface area contributed by atoms with E-state index in [9.17, 15) is 14.4 Å². The lowest BCUT2D eigenvalue weighted by molar-refractivity contribution is -0.123. The van der Waals surface area contributed by atoms with E-state index >= 15 is 0 Å². The van der Waals surface area contributed by atoms with Crippen molar-refractivity contribution in [2.75, 3.05) is 16.0 Å². The zero-order valence-corrected chi connectivity index (χ0v) is 19.9. The van der Waals surface area contributed by atoms with Crippen molar-refractivity contribution in [1.82, 2.24) is 0 Å². The number of rotatable bonds is 8. The molecule has 0 saturated heterocycles. The maximum absolute atomic E-state index is 12.7. The summed E-state index contributed by atoms with van der Waals surface area (Å²) >= 11 is 1.69. The number of nitrogens with one attached hydrogen (secondary N) is 3. The zero-order chi connectivity index (χ0) is 23.8. The summed E-state index contributed by atoms with van der Waals surface area (Å²) in [7, 11) is 0. The lowest BCUT2D eigenvalue weighted by atomic mass is 9.95. The normalized spacial score (nSPS) is 11.0. The third kappa shape index (κ3) is 7.57. The fourth-order valence-corrected chi connectivity index (χ4v) is 3.79. The molecule has 7 heteroatoms. The van der Waals surface area contributed by atoms with Crippen molar-refractivity contribution in [1.29, 1.82) is 0 Å². The molecule has 3 amide bonds. The highest BCUT2D eigenvalue weighted by molar-refractivity contribution is 7.09. The van der Waals surface area contributed by atoms with Crippen LogP contribution in [0.3, 0.4) is 0 Å². The molecule has 0 fully saturated rings. The van der Waals surface area contributed by atoms with E-state index in [2.05, 4.69) is 22.0 Å². The van der Waals surface area contributed by atoms with Gasteiger partial charge < -0.3 is 16.0 Å². The summed E-state index contributed by atoms with van der Waals surface area (Å²) in [6.45, 7) is 5.51. The third-order valence-electron chi connectivity index (χ3n) is 4.88. The molecule has 0 saturated carbocycles. The Balaban J connectivity index is 1.56. The van der Waals surface area contributed by atoms with Gasteiger partial charge in [0, 0.05) is 39.3 Å². The molecule has 1 heterocycles. The molecule has 172 valence electrons. The van der Waals surface area contributed by atoms with Crippen molar-refractivity contribution in [2.24, 2.45) is 5.41 Å². The number of aryl methyl sites for hydroxylation is 1. The van der Waals surface area contributed by atoms with Crippen LogP contribution in [0.2, 0.25) is 0 Å². The molecule has 2 aromatic carbocycles. The van der Waals surface area contributed by atoms with Crippen LogP contribution in [-0.4, -0.2) is 17.7 Å². The first-order chi connectivity index (χ1) is 15.7. The predicted molar refractivity (Wildman–Crippen MR) is 135 cm³/mol. The first-order valence-electron chi connectivity index (χ1n) is 10.9. The van der Waals surface area contributed by atoms with E-state index < -0.39 is 5.41 Å². The van der Waals surface area contributed by atoms with Gasteiger partial charge in [-0.25, -0.2) is 0 Å². The minimum absolute atomic E-state index is 0.0774. The Kier molecular flexibility index (Phi) is 8.01. The van der Waals surface area contributed by atoms with Crippen molar-refractivity contribution in [3.63, 3.8) is 0 Å². The molecular weight excluding hydrogens is 434 g/mol. The maximum atomic E-state index is 12.7. The van der Waals surface area contributed by atoms with Crippen LogP contribution in [0.1, 0.15) is 48.8 Å². The largest absolute Gasteiger partial charge is 0.326 e. The first kappa shape index (κ1) is 24.2. The van der Waals surface area contributed by atoms with E-state index in [-0.39, 0.29) is 17.7 Å². The molecule has 3 rings (SSSR count). The summed E-state index contributed by atoms with van der Waals surface area (Å²) in [6, 6.07) is 17.9. The standard InChI is InChI=1S/C26H29N3O3S/c1-26(2,3)25(32)29-21-11-5-10-20(17-21)28-24(31)18-8-4-9-19(16-18)27-23(30)14-6-12-22-13-7-15-33-22/h4-5,7-11,13,15-17H,6,12,14H2,1-3H3,(H,27,30)(H,28,31)(H,29,32). The Morgan fingerprint density at radius 3 is 2.15 bits per heavy atom. The summed E-state index contributed by atoms with van der Waals surface area (Å²) < 4.78 is 0. The molecule has 0 radical (unpaired) electrons. The van der Waals surface area contributed by atoms with Crippen LogP contribution in [0.4, 0.5) is 17.1 Å². The highest BCUT2D eigenvalue weighted by Gasteiger charge is 2.21. The van der Waals surface area contributed by atoms with Gasteiger partial charge in [0.15, 0.2) is 0 Å². The number of hydrogen-bond acceptors (Lipinski definition) is 4. The Morgan fingerprint density at radius 1 is 0.818 bits per heavy atom. The van der Waals surface area contributed by atoms with Gasteiger partial charge in [0.05, 0.1) is 0 Å². The highest BCUT2D eigenvalue weighted by Crippen LogP contribution is 2.21. The van der Waals surface area contributed by atoms with Crippen molar-refractivity contribution >= 4 is 46.1 Å². The van der Waals surface area contributed by atoms with Gasteiger partial charge >= 0.3 is 0 Å². The summed E-state index contributed by atoms with van der Waals surface area (Å²) in [5.74, 6) is -0.487. The number of thiophene rings is 1. The summed E-state index contributed by atoms with van der Waals surface area (Å²) in [6.07, 6.45) is 2.07. The van der Waals surface area contributed by atoms with Crippen LogP contribution in [0.25, 0.3) is 0 Å². The summed E-state index contributed by atoms with van der Waals surface area (Å²) in [4.78, 5) is 38.5. The Hall–Kier alpha value is -3.45. The van der Waals surface area contributed by atoms with Gasteiger partial charge in [-0.15, -0.1) is 11.3 Å². The second-order valence-electron chi connectivity index (χ2n) is 8.80. The van der Waals surface area contributed by atoms with Gasteiger partial charge in [-0.3, -0.25) is 14.4 Å². The van der Waals surface area contributed by atoms with Gasteiger partial charge in [0.2, 0.25) is 11.8 Å². The molecular formula is C26H29N3O3S. The molecule has 0 atom stereocenters. The molecule has 6 nitrogen and oxygen atoms in total. The minimum Gasteiger partial charge on any atom is -0.326 e. The second-order valence-corrected chi connectivity index (χ2v) is 9.83. The van der Waals surface area contributed by atoms with Crippen LogP contribution in [-0.2, 0) is 16.0 Å². The maximum Gasteiger partial charge on any atom is 0.255 e. The molecule has 0 unspecified atom stereocenters. The molecule has 0 bridgehead atoms. The molecule has 0 spiro atoms. The third-order valence-corrected chi connectivity index (χ3v) is 5.81. The molecule has 33 heavy (non-hydrogen) atoms. The van der Waals surface area contributed by atoms with E-state index in [0.717, 1.165) is 12.8 Å². The molecule has 0 aliphatic carbocycles. The van der Waals surface area contributed by atoms with E-state index in [1.54, 1.807) is 59.9 Å². The Labute approximate surface area is 198 Å². The molecule has 3 aromatic rings. The van der Waals surface area contributed by atoms with Gasteiger partial charge in [-0.1, -0.05) is 39.0 Å². The van der Waals surface area contributed by atoms with Crippen molar-refractivity contribution in [2.45, 2.75) is 40.0 Å². The Morgan fingerprint density at radius 2 is 1.48 bits per heavy atom. The van der Waals surface area contributed by atoms with E-state index in [1.165, 1.54) is 4.88 Å².